The second-order valence-electron chi connectivity index (χ2n) is 4.96. The van der Waals surface area contributed by atoms with Gasteiger partial charge < -0.3 is 9.64 Å². The number of hydrogen-bond donors (Lipinski definition) is 0. The summed E-state index contributed by atoms with van der Waals surface area (Å²) in [6, 6.07) is 4.39. The summed E-state index contributed by atoms with van der Waals surface area (Å²) in [6.45, 7) is -0.191. The molecule has 0 N–H and O–H groups in total. The number of carbonyl (C=O) groups is 1. The molecule has 1 aromatic carbocycles. The molecule has 0 saturated carbocycles. The molecule has 1 aromatic rings. The number of carbonyl (C=O) groups excluding carboxylic acids is 1. The number of ether oxygens (including phenoxy) is 1. The van der Waals surface area contributed by atoms with Crippen molar-refractivity contribution in [3.05, 3.63) is 28.2 Å². The van der Waals surface area contributed by atoms with Crippen molar-refractivity contribution >= 4 is 38.9 Å². The summed E-state index contributed by atoms with van der Waals surface area (Å²) in [6.07, 6.45) is 0.466. The summed E-state index contributed by atoms with van der Waals surface area (Å²) in [4.78, 5) is 13.5. The Balaban J connectivity index is 1.92. The van der Waals surface area contributed by atoms with Crippen molar-refractivity contribution in [3.63, 3.8) is 0 Å². The molecule has 116 valence electrons. The number of halogens is 2. The van der Waals surface area contributed by atoms with E-state index in [2.05, 4.69) is 0 Å². The van der Waals surface area contributed by atoms with Gasteiger partial charge in [-0.25, -0.2) is 8.42 Å². The number of benzene rings is 1. The summed E-state index contributed by atoms with van der Waals surface area (Å²) in [7, 11) is -1.44. The fraction of sp³-hybridized carbons (Fsp3) is 0.462. The van der Waals surface area contributed by atoms with Crippen LogP contribution in [0, 0.1) is 0 Å². The van der Waals surface area contributed by atoms with Crippen LogP contribution in [0.25, 0.3) is 0 Å². The van der Waals surface area contributed by atoms with E-state index in [0.717, 1.165) is 0 Å². The fourth-order valence-electron chi connectivity index (χ4n) is 2.14. The van der Waals surface area contributed by atoms with Gasteiger partial charge in [0.1, 0.15) is 5.75 Å². The van der Waals surface area contributed by atoms with Gasteiger partial charge in [-0.15, -0.1) is 0 Å². The maximum atomic E-state index is 12.0. The van der Waals surface area contributed by atoms with Crippen LogP contribution in [-0.4, -0.2) is 50.4 Å². The maximum Gasteiger partial charge on any atom is 0.260 e. The largest absolute Gasteiger partial charge is 0.484 e. The van der Waals surface area contributed by atoms with Crippen molar-refractivity contribution in [1.29, 1.82) is 0 Å². The molecule has 0 unspecified atom stereocenters. The number of likely N-dealkylation sites (N-methyl/N-ethyl adjacent to an activating group) is 1. The Hall–Kier alpha value is -0.980. The second kappa shape index (κ2) is 6.42. The summed E-state index contributed by atoms with van der Waals surface area (Å²) in [5, 5.41) is 0.834. The minimum atomic E-state index is -3.02. The molecule has 0 radical (unpaired) electrons. The molecule has 1 amide bonds. The van der Waals surface area contributed by atoms with Gasteiger partial charge in [0.25, 0.3) is 5.91 Å². The van der Waals surface area contributed by atoms with E-state index in [1.807, 2.05) is 0 Å². The first-order valence-electron chi connectivity index (χ1n) is 6.32. The lowest BCUT2D eigenvalue weighted by molar-refractivity contribution is -0.133. The standard InChI is InChI=1S/C13H15Cl2NO4S/c1-16(11-2-3-21(18,19)8-11)13(17)7-20-12-5-9(14)4-10(15)6-12/h4-6,11H,2-3,7-8H2,1H3/t11-/m0/s1. The van der Waals surface area contributed by atoms with Crippen LogP contribution in [0.2, 0.25) is 10.0 Å². The zero-order valence-electron chi connectivity index (χ0n) is 11.4. The van der Waals surface area contributed by atoms with E-state index in [1.54, 1.807) is 25.2 Å². The Morgan fingerprint density at radius 2 is 1.95 bits per heavy atom. The van der Waals surface area contributed by atoms with E-state index in [4.69, 9.17) is 27.9 Å². The van der Waals surface area contributed by atoms with Crippen molar-refractivity contribution < 1.29 is 17.9 Å². The topological polar surface area (TPSA) is 63.7 Å². The molecule has 1 fully saturated rings. The monoisotopic (exact) mass is 351 g/mol. The van der Waals surface area contributed by atoms with Gasteiger partial charge in [0.05, 0.1) is 11.5 Å². The lowest BCUT2D eigenvalue weighted by atomic mass is 10.2. The number of nitrogens with zero attached hydrogens (tertiary/aromatic N) is 1. The molecule has 0 bridgehead atoms. The molecule has 8 heteroatoms. The van der Waals surface area contributed by atoms with E-state index in [0.29, 0.717) is 22.2 Å². The highest BCUT2D eigenvalue weighted by atomic mass is 35.5. The predicted molar refractivity (Wildman–Crippen MR) is 81.8 cm³/mol. The molecule has 1 heterocycles. The highest BCUT2D eigenvalue weighted by molar-refractivity contribution is 7.91. The molecule has 1 saturated heterocycles. The van der Waals surface area contributed by atoms with Crippen LogP contribution in [0.5, 0.6) is 5.75 Å². The normalized spacial score (nSPS) is 20.2. The van der Waals surface area contributed by atoms with Crippen LogP contribution in [0.3, 0.4) is 0 Å². The fourth-order valence-corrected chi connectivity index (χ4v) is 4.42. The maximum absolute atomic E-state index is 12.0. The van der Waals surface area contributed by atoms with Crippen molar-refractivity contribution in [1.82, 2.24) is 4.90 Å². The molecule has 0 spiro atoms. The smallest absolute Gasteiger partial charge is 0.260 e. The van der Waals surface area contributed by atoms with Crippen molar-refractivity contribution in [2.24, 2.45) is 0 Å². The van der Waals surface area contributed by atoms with Crippen LogP contribution in [0.15, 0.2) is 18.2 Å². The lowest BCUT2D eigenvalue weighted by Crippen LogP contribution is -2.40. The first-order chi connectivity index (χ1) is 9.77. The molecular formula is C13H15Cl2NO4S. The molecule has 5 nitrogen and oxygen atoms in total. The molecule has 2 rings (SSSR count). The Kier molecular flexibility index (Phi) is 5.01. The molecule has 1 aliphatic heterocycles. The summed E-state index contributed by atoms with van der Waals surface area (Å²) >= 11 is 11.7. The number of rotatable bonds is 4. The van der Waals surface area contributed by atoms with Gasteiger partial charge in [-0.2, -0.15) is 0 Å². The van der Waals surface area contributed by atoms with Crippen LogP contribution < -0.4 is 4.74 Å². The van der Waals surface area contributed by atoms with Crippen LogP contribution in [0.1, 0.15) is 6.42 Å². The van der Waals surface area contributed by atoms with Gasteiger partial charge in [0.15, 0.2) is 16.4 Å². The van der Waals surface area contributed by atoms with E-state index in [1.165, 1.54) is 4.90 Å². The van der Waals surface area contributed by atoms with Crippen molar-refractivity contribution in [2.45, 2.75) is 12.5 Å². The summed E-state index contributed by atoms with van der Waals surface area (Å²) in [5.74, 6) is 0.250. The van der Waals surface area contributed by atoms with Crippen molar-refractivity contribution in [2.75, 3.05) is 25.2 Å². The SMILES string of the molecule is CN(C(=O)COc1cc(Cl)cc(Cl)c1)[C@H]1CCS(=O)(=O)C1. The number of hydrogen-bond acceptors (Lipinski definition) is 4. The molecule has 0 aliphatic carbocycles. The molecule has 1 atom stereocenters. The van der Waals surface area contributed by atoms with E-state index in [-0.39, 0.29) is 30.1 Å². The molecular weight excluding hydrogens is 337 g/mol. The first-order valence-corrected chi connectivity index (χ1v) is 8.89. The molecule has 0 aromatic heterocycles. The third-order valence-corrected chi connectivity index (χ3v) is 5.53. The Labute approximate surface area is 133 Å². The highest BCUT2D eigenvalue weighted by Crippen LogP contribution is 2.24. The second-order valence-corrected chi connectivity index (χ2v) is 8.06. The minimum absolute atomic E-state index is 0.0121. The third kappa shape index (κ3) is 4.49. The summed E-state index contributed by atoms with van der Waals surface area (Å²) < 4.78 is 28.2. The molecule has 1 aliphatic rings. The Morgan fingerprint density at radius 3 is 2.48 bits per heavy atom. The Morgan fingerprint density at radius 1 is 1.33 bits per heavy atom. The first kappa shape index (κ1) is 16.4. The van der Waals surface area contributed by atoms with Crippen LogP contribution in [-0.2, 0) is 14.6 Å². The van der Waals surface area contributed by atoms with Gasteiger partial charge in [-0.3, -0.25) is 4.79 Å². The average molecular weight is 352 g/mol. The number of amides is 1. The van der Waals surface area contributed by atoms with E-state index < -0.39 is 9.84 Å². The van der Waals surface area contributed by atoms with Gasteiger partial charge in [-0.1, -0.05) is 23.2 Å². The van der Waals surface area contributed by atoms with Crippen molar-refractivity contribution in [3.8, 4) is 5.75 Å². The quantitative estimate of drug-likeness (QED) is 0.832. The zero-order chi connectivity index (χ0) is 15.6. The minimum Gasteiger partial charge on any atom is -0.484 e. The van der Waals surface area contributed by atoms with Gasteiger partial charge in [-0.05, 0) is 24.6 Å². The highest BCUT2D eigenvalue weighted by Gasteiger charge is 2.32. The van der Waals surface area contributed by atoms with Gasteiger partial charge >= 0.3 is 0 Å². The predicted octanol–water partition coefficient (Wildman–Crippen LogP) is 2.02. The zero-order valence-corrected chi connectivity index (χ0v) is 13.7. The van der Waals surface area contributed by atoms with Gasteiger partial charge in [0.2, 0.25) is 0 Å². The van der Waals surface area contributed by atoms with Crippen LogP contribution >= 0.6 is 23.2 Å². The summed E-state index contributed by atoms with van der Waals surface area (Å²) in [5.41, 5.74) is 0. The number of sulfone groups is 1. The van der Waals surface area contributed by atoms with Gasteiger partial charge in [0, 0.05) is 23.1 Å². The van der Waals surface area contributed by atoms with E-state index in [9.17, 15) is 13.2 Å². The molecule has 21 heavy (non-hydrogen) atoms. The lowest BCUT2D eigenvalue weighted by Gasteiger charge is -2.23. The van der Waals surface area contributed by atoms with E-state index >= 15 is 0 Å². The Bertz CT molecular complexity index is 627. The average Bonchev–Trinajstić information content (AvgIpc) is 2.74. The third-order valence-electron chi connectivity index (χ3n) is 3.35. The van der Waals surface area contributed by atoms with Crippen LogP contribution in [0.4, 0.5) is 0 Å².